The summed E-state index contributed by atoms with van der Waals surface area (Å²) in [4.78, 5) is 14.0. The predicted molar refractivity (Wildman–Crippen MR) is 163 cm³/mol. The standard InChI is InChI=1S/C32H46N2O3S/c1-6-7-20-33(3)31(35)13-12-23-38-22-11-9-8-10-21-34-30-19-18-28(37-5)24-29(30)25(2)32(34)26-14-16-27(36-4)17-15-26/h14-19,24H,6-13,20-23H2,1-5H3. The lowest BCUT2D eigenvalue weighted by Gasteiger charge is -2.16. The van der Waals surface area contributed by atoms with Gasteiger partial charge in [0, 0.05) is 37.5 Å². The van der Waals surface area contributed by atoms with E-state index in [-0.39, 0.29) is 0 Å². The molecule has 3 aromatic rings. The van der Waals surface area contributed by atoms with Crippen molar-refractivity contribution in [2.45, 2.75) is 71.8 Å². The summed E-state index contributed by atoms with van der Waals surface area (Å²) < 4.78 is 13.4. The number of thioether (sulfide) groups is 1. The number of aryl methyl sites for hydroxylation is 2. The van der Waals surface area contributed by atoms with Crippen LogP contribution in [0.15, 0.2) is 42.5 Å². The van der Waals surface area contributed by atoms with Gasteiger partial charge in [-0.1, -0.05) is 26.2 Å². The van der Waals surface area contributed by atoms with E-state index in [9.17, 15) is 4.79 Å². The number of aromatic nitrogens is 1. The third-order valence-corrected chi connectivity index (χ3v) is 8.41. The molecule has 0 aliphatic rings. The lowest BCUT2D eigenvalue weighted by Crippen LogP contribution is -2.27. The molecule has 0 N–H and O–H groups in total. The van der Waals surface area contributed by atoms with Crippen LogP contribution in [0.4, 0.5) is 0 Å². The van der Waals surface area contributed by atoms with Crippen molar-refractivity contribution in [1.82, 2.24) is 9.47 Å². The minimum Gasteiger partial charge on any atom is -0.497 e. The van der Waals surface area contributed by atoms with Gasteiger partial charge < -0.3 is 18.9 Å². The summed E-state index contributed by atoms with van der Waals surface area (Å²) in [5, 5.41) is 1.25. The summed E-state index contributed by atoms with van der Waals surface area (Å²) >= 11 is 1.99. The van der Waals surface area contributed by atoms with Crippen LogP contribution in [0.1, 0.15) is 63.9 Å². The van der Waals surface area contributed by atoms with E-state index in [1.807, 2.05) is 35.8 Å². The number of nitrogens with zero attached hydrogens (tertiary/aromatic N) is 2. The van der Waals surface area contributed by atoms with E-state index in [2.05, 4.69) is 48.7 Å². The first kappa shape index (κ1) is 29.9. The van der Waals surface area contributed by atoms with Crippen molar-refractivity contribution in [3.05, 3.63) is 48.0 Å². The van der Waals surface area contributed by atoms with Gasteiger partial charge in [-0.2, -0.15) is 11.8 Å². The zero-order valence-electron chi connectivity index (χ0n) is 24.1. The number of amides is 1. The molecule has 0 atom stereocenters. The molecule has 3 rings (SSSR count). The first-order chi connectivity index (χ1) is 18.5. The maximum Gasteiger partial charge on any atom is 0.222 e. The van der Waals surface area contributed by atoms with Gasteiger partial charge in [0.2, 0.25) is 5.91 Å². The smallest absolute Gasteiger partial charge is 0.222 e. The highest BCUT2D eigenvalue weighted by Gasteiger charge is 2.16. The second-order valence-corrected chi connectivity index (χ2v) is 11.3. The number of hydrogen-bond donors (Lipinski definition) is 0. The number of methoxy groups -OCH3 is 2. The fourth-order valence-corrected chi connectivity index (χ4v) is 5.91. The quantitative estimate of drug-likeness (QED) is 0.164. The van der Waals surface area contributed by atoms with Crippen LogP contribution in [0, 0.1) is 6.92 Å². The van der Waals surface area contributed by atoms with E-state index in [4.69, 9.17) is 9.47 Å². The third-order valence-electron chi connectivity index (χ3n) is 7.26. The molecule has 0 unspecified atom stereocenters. The highest BCUT2D eigenvalue weighted by atomic mass is 32.2. The number of hydrogen-bond acceptors (Lipinski definition) is 4. The molecule has 0 saturated carbocycles. The Morgan fingerprint density at radius 2 is 1.58 bits per heavy atom. The minimum absolute atomic E-state index is 0.291. The molecule has 0 aliphatic carbocycles. The number of fused-ring (bicyclic) bond motifs is 1. The largest absolute Gasteiger partial charge is 0.497 e. The fourth-order valence-electron chi connectivity index (χ4n) is 4.95. The van der Waals surface area contributed by atoms with Gasteiger partial charge in [-0.25, -0.2) is 0 Å². The van der Waals surface area contributed by atoms with Crippen LogP contribution in [0.3, 0.4) is 0 Å². The van der Waals surface area contributed by atoms with Gasteiger partial charge in [-0.05, 0) is 97.7 Å². The zero-order chi connectivity index (χ0) is 27.3. The molecule has 0 spiro atoms. The van der Waals surface area contributed by atoms with Crippen molar-refractivity contribution in [3.63, 3.8) is 0 Å². The number of ether oxygens (including phenoxy) is 2. The van der Waals surface area contributed by atoms with Gasteiger partial charge in [0.15, 0.2) is 0 Å². The molecule has 0 saturated heterocycles. The summed E-state index contributed by atoms with van der Waals surface area (Å²) in [6.45, 7) is 6.26. The lowest BCUT2D eigenvalue weighted by atomic mass is 10.1. The van der Waals surface area contributed by atoms with E-state index in [1.54, 1.807) is 14.2 Å². The fraction of sp³-hybridized carbons (Fsp3) is 0.531. The Hall–Kier alpha value is -2.60. The van der Waals surface area contributed by atoms with Crippen LogP contribution >= 0.6 is 11.8 Å². The molecule has 0 bridgehead atoms. The van der Waals surface area contributed by atoms with Crippen molar-refractivity contribution < 1.29 is 14.3 Å². The maximum absolute atomic E-state index is 12.1. The molecule has 0 aliphatic heterocycles. The molecular formula is C32H46N2O3S. The summed E-state index contributed by atoms with van der Waals surface area (Å²) in [6, 6.07) is 14.8. The van der Waals surface area contributed by atoms with Gasteiger partial charge in [-0.15, -0.1) is 0 Å². The Labute approximate surface area is 233 Å². The lowest BCUT2D eigenvalue weighted by molar-refractivity contribution is -0.129. The van der Waals surface area contributed by atoms with E-state index >= 15 is 0 Å². The molecule has 38 heavy (non-hydrogen) atoms. The van der Waals surface area contributed by atoms with Crippen molar-refractivity contribution >= 4 is 28.6 Å². The first-order valence-corrected chi connectivity index (χ1v) is 15.3. The van der Waals surface area contributed by atoms with Crippen LogP contribution in [0.25, 0.3) is 22.2 Å². The second kappa shape index (κ2) is 15.7. The Kier molecular flexibility index (Phi) is 12.4. The molecule has 0 radical (unpaired) electrons. The SMILES string of the molecule is CCCCN(C)C(=O)CCCSCCCCCCn1c(-c2ccc(OC)cc2)c(C)c2cc(OC)ccc21. The number of unbranched alkanes of at least 4 members (excludes halogenated alkanes) is 4. The highest BCUT2D eigenvalue weighted by Crippen LogP contribution is 2.36. The highest BCUT2D eigenvalue weighted by molar-refractivity contribution is 7.99. The summed E-state index contributed by atoms with van der Waals surface area (Å²) in [5.74, 6) is 4.32. The van der Waals surface area contributed by atoms with Gasteiger partial charge in [0.05, 0.1) is 19.9 Å². The van der Waals surface area contributed by atoms with Gasteiger partial charge in [0.25, 0.3) is 0 Å². The maximum atomic E-state index is 12.1. The molecule has 2 aromatic carbocycles. The Bertz CT molecular complexity index is 1140. The topological polar surface area (TPSA) is 43.7 Å². The normalized spacial score (nSPS) is 11.2. The number of rotatable bonds is 17. The van der Waals surface area contributed by atoms with E-state index in [0.717, 1.165) is 56.0 Å². The average molecular weight is 539 g/mol. The van der Waals surface area contributed by atoms with Crippen molar-refractivity contribution in [1.29, 1.82) is 0 Å². The first-order valence-electron chi connectivity index (χ1n) is 14.1. The Morgan fingerprint density at radius 1 is 0.895 bits per heavy atom. The number of carbonyl (C=O) groups excluding carboxylic acids is 1. The molecule has 208 valence electrons. The Balaban J connectivity index is 1.48. The van der Waals surface area contributed by atoms with Crippen LogP contribution in [-0.4, -0.2) is 54.7 Å². The zero-order valence-corrected chi connectivity index (χ0v) is 24.9. The van der Waals surface area contributed by atoms with E-state index < -0.39 is 0 Å². The molecule has 1 heterocycles. The van der Waals surface area contributed by atoms with Crippen LogP contribution < -0.4 is 9.47 Å². The predicted octanol–water partition coefficient (Wildman–Crippen LogP) is 7.97. The molecular weight excluding hydrogens is 492 g/mol. The summed E-state index contributed by atoms with van der Waals surface area (Å²) in [6.07, 6.45) is 8.75. The monoisotopic (exact) mass is 538 g/mol. The average Bonchev–Trinajstić information content (AvgIpc) is 3.22. The van der Waals surface area contributed by atoms with Crippen LogP contribution in [-0.2, 0) is 11.3 Å². The van der Waals surface area contributed by atoms with Crippen LogP contribution in [0.2, 0.25) is 0 Å². The molecule has 6 heteroatoms. The Morgan fingerprint density at radius 3 is 2.29 bits per heavy atom. The molecule has 1 amide bonds. The van der Waals surface area contributed by atoms with Gasteiger partial charge in [0.1, 0.15) is 11.5 Å². The molecule has 1 aromatic heterocycles. The van der Waals surface area contributed by atoms with Gasteiger partial charge in [-0.3, -0.25) is 4.79 Å². The van der Waals surface area contributed by atoms with E-state index in [0.29, 0.717) is 12.3 Å². The third kappa shape index (κ3) is 8.20. The molecule has 0 fully saturated rings. The van der Waals surface area contributed by atoms with Crippen LogP contribution in [0.5, 0.6) is 11.5 Å². The summed E-state index contributed by atoms with van der Waals surface area (Å²) in [7, 11) is 5.36. The summed E-state index contributed by atoms with van der Waals surface area (Å²) in [5.41, 5.74) is 5.04. The van der Waals surface area contributed by atoms with Crippen molar-refractivity contribution in [3.8, 4) is 22.8 Å². The number of carbonyl (C=O) groups is 1. The second-order valence-electron chi connectivity index (χ2n) is 10.0. The number of benzene rings is 2. The molecule has 5 nitrogen and oxygen atoms in total. The van der Waals surface area contributed by atoms with Crippen molar-refractivity contribution in [2.24, 2.45) is 0 Å². The minimum atomic E-state index is 0.291. The van der Waals surface area contributed by atoms with E-state index in [1.165, 1.54) is 52.7 Å². The van der Waals surface area contributed by atoms with Gasteiger partial charge >= 0.3 is 0 Å². The van der Waals surface area contributed by atoms with Crippen molar-refractivity contribution in [2.75, 3.05) is 39.3 Å².